The SMILES string of the molecule is CCOCCOCCOCCOCCOP1(=O)OCCO1. The third-order valence-electron chi connectivity index (χ3n) is 2.38. The monoisotopic (exact) mass is 328 g/mol. The van der Waals surface area contributed by atoms with Gasteiger partial charge in [-0.05, 0) is 6.92 Å². The van der Waals surface area contributed by atoms with Crippen molar-refractivity contribution < 1.29 is 37.1 Å². The van der Waals surface area contributed by atoms with Crippen LogP contribution in [0.5, 0.6) is 0 Å². The molecule has 0 unspecified atom stereocenters. The van der Waals surface area contributed by atoms with Crippen LogP contribution >= 0.6 is 7.82 Å². The van der Waals surface area contributed by atoms with Crippen LogP contribution in [0.3, 0.4) is 0 Å². The average molecular weight is 328 g/mol. The molecule has 1 heterocycles. The minimum absolute atomic E-state index is 0.165. The molecule has 8 nitrogen and oxygen atoms in total. The smallest absolute Gasteiger partial charge is 0.379 e. The molecule has 0 amide bonds. The van der Waals surface area contributed by atoms with E-state index in [9.17, 15) is 4.57 Å². The normalized spacial score (nSPS) is 17.4. The van der Waals surface area contributed by atoms with Gasteiger partial charge in [-0.3, -0.25) is 13.6 Å². The zero-order valence-electron chi connectivity index (χ0n) is 12.5. The van der Waals surface area contributed by atoms with Gasteiger partial charge in [-0.2, -0.15) is 0 Å². The van der Waals surface area contributed by atoms with E-state index in [1.165, 1.54) is 0 Å². The highest BCUT2D eigenvalue weighted by atomic mass is 31.2. The van der Waals surface area contributed by atoms with Gasteiger partial charge < -0.3 is 18.9 Å². The summed E-state index contributed by atoms with van der Waals surface area (Å²) in [6.45, 7) is 6.88. The Balaban J connectivity index is 1.74. The second-order valence-electron chi connectivity index (χ2n) is 3.98. The molecule has 0 saturated carbocycles. The third-order valence-corrected chi connectivity index (χ3v) is 3.88. The fraction of sp³-hybridized carbons (Fsp3) is 1.00. The molecule has 0 radical (unpaired) electrons. The molecule has 1 fully saturated rings. The lowest BCUT2D eigenvalue weighted by Gasteiger charge is -2.10. The van der Waals surface area contributed by atoms with E-state index >= 15 is 0 Å². The van der Waals surface area contributed by atoms with Crippen LogP contribution in [0.15, 0.2) is 0 Å². The highest BCUT2D eigenvalue weighted by Crippen LogP contribution is 2.52. The van der Waals surface area contributed by atoms with E-state index in [1.54, 1.807) is 0 Å². The van der Waals surface area contributed by atoms with E-state index < -0.39 is 7.82 Å². The molecular weight excluding hydrogens is 303 g/mol. The number of rotatable bonds is 14. The first-order chi connectivity index (χ1) is 10.3. The molecule has 0 atom stereocenters. The van der Waals surface area contributed by atoms with E-state index in [1.807, 2.05) is 6.92 Å². The summed E-state index contributed by atoms with van der Waals surface area (Å²) in [6.07, 6.45) is 0. The van der Waals surface area contributed by atoms with E-state index in [-0.39, 0.29) is 6.61 Å². The molecule has 0 aromatic carbocycles. The lowest BCUT2D eigenvalue weighted by atomic mass is 10.7. The first-order valence-corrected chi connectivity index (χ1v) is 8.57. The minimum Gasteiger partial charge on any atom is -0.379 e. The van der Waals surface area contributed by atoms with Crippen molar-refractivity contribution in [1.29, 1.82) is 0 Å². The van der Waals surface area contributed by atoms with Gasteiger partial charge in [0.25, 0.3) is 0 Å². The third kappa shape index (κ3) is 10.3. The maximum Gasteiger partial charge on any atom is 0.475 e. The number of phosphoric ester groups is 1. The van der Waals surface area contributed by atoms with E-state index in [2.05, 4.69) is 0 Å². The first kappa shape index (κ1) is 19.0. The molecule has 126 valence electrons. The van der Waals surface area contributed by atoms with Gasteiger partial charge in [0.2, 0.25) is 0 Å². The van der Waals surface area contributed by atoms with Crippen LogP contribution in [0.1, 0.15) is 6.92 Å². The van der Waals surface area contributed by atoms with Crippen molar-refractivity contribution in [3.05, 3.63) is 0 Å². The lowest BCUT2D eigenvalue weighted by molar-refractivity contribution is -0.00442. The largest absolute Gasteiger partial charge is 0.475 e. The molecule has 9 heteroatoms. The molecule has 0 aromatic rings. The molecule has 0 bridgehead atoms. The van der Waals surface area contributed by atoms with Crippen molar-refractivity contribution in [2.45, 2.75) is 6.92 Å². The number of hydrogen-bond acceptors (Lipinski definition) is 8. The molecule has 0 aromatic heterocycles. The number of hydrogen-bond donors (Lipinski definition) is 0. The standard InChI is InChI=1S/C12H25O8P/c1-2-14-3-4-15-5-6-16-7-8-17-9-10-18-21(13)19-11-12-20-21/h2-12H2,1H3. The molecule has 0 N–H and O–H groups in total. The maximum absolute atomic E-state index is 11.5. The van der Waals surface area contributed by atoms with E-state index in [0.29, 0.717) is 66.1 Å². The summed E-state index contributed by atoms with van der Waals surface area (Å²) in [7, 11) is -3.29. The van der Waals surface area contributed by atoms with Gasteiger partial charge in [0, 0.05) is 6.61 Å². The molecule has 0 spiro atoms. The summed E-state index contributed by atoms with van der Waals surface area (Å²) in [5, 5.41) is 0. The number of ether oxygens (including phenoxy) is 4. The minimum atomic E-state index is -3.29. The highest BCUT2D eigenvalue weighted by molar-refractivity contribution is 7.48. The van der Waals surface area contributed by atoms with Crippen molar-refractivity contribution in [3.63, 3.8) is 0 Å². The van der Waals surface area contributed by atoms with Crippen molar-refractivity contribution in [2.24, 2.45) is 0 Å². The Kier molecular flexibility index (Phi) is 11.3. The molecular formula is C12H25O8P. The summed E-state index contributed by atoms with van der Waals surface area (Å²) < 4.78 is 47.2. The van der Waals surface area contributed by atoms with Crippen molar-refractivity contribution >= 4 is 7.82 Å². The van der Waals surface area contributed by atoms with Crippen LogP contribution in [0.2, 0.25) is 0 Å². The molecule has 1 aliphatic rings. The summed E-state index contributed by atoms with van der Waals surface area (Å²) >= 11 is 0. The van der Waals surface area contributed by atoms with Crippen LogP contribution in [0.4, 0.5) is 0 Å². The topological polar surface area (TPSA) is 81.7 Å². The molecule has 1 saturated heterocycles. The fourth-order valence-corrected chi connectivity index (χ4v) is 2.54. The summed E-state index contributed by atoms with van der Waals surface area (Å²) in [5.41, 5.74) is 0. The van der Waals surface area contributed by atoms with Crippen LogP contribution in [0.25, 0.3) is 0 Å². The quantitative estimate of drug-likeness (QED) is 0.348. The van der Waals surface area contributed by atoms with Crippen LogP contribution in [-0.4, -0.2) is 72.7 Å². The van der Waals surface area contributed by atoms with E-state index in [4.69, 9.17) is 32.5 Å². The van der Waals surface area contributed by atoms with Gasteiger partial charge in [0.15, 0.2) is 0 Å². The van der Waals surface area contributed by atoms with Crippen molar-refractivity contribution in [3.8, 4) is 0 Å². The lowest BCUT2D eigenvalue weighted by Crippen LogP contribution is -2.13. The molecule has 0 aliphatic carbocycles. The van der Waals surface area contributed by atoms with Crippen molar-refractivity contribution in [1.82, 2.24) is 0 Å². The van der Waals surface area contributed by atoms with Gasteiger partial charge in [0.05, 0.1) is 66.1 Å². The Bertz CT molecular complexity index is 278. The maximum atomic E-state index is 11.5. The average Bonchev–Trinajstić information content (AvgIpc) is 2.91. The molecule has 21 heavy (non-hydrogen) atoms. The van der Waals surface area contributed by atoms with E-state index in [0.717, 1.165) is 0 Å². The van der Waals surface area contributed by atoms with Crippen molar-refractivity contribution in [2.75, 3.05) is 72.7 Å². The first-order valence-electron chi connectivity index (χ1n) is 7.11. The Hall–Kier alpha value is -0.0500. The van der Waals surface area contributed by atoms with Gasteiger partial charge in [-0.15, -0.1) is 0 Å². The summed E-state index contributed by atoms with van der Waals surface area (Å²) in [4.78, 5) is 0. The van der Waals surface area contributed by atoms with Crippen LogP contribution < -0.4 is 0 Å². The van der Waals surface area contributed by atoms with Crippen LogP contribution in [-0.2, 0) is 37.1 Å². The highest BCUT2D eigenvalue weighted by Gasteiger charge is 2.31. The Labute approximate surface area is 125 Å². The summed E-state index contributed by atoms with van der Waals surface area (Å²) in [6, 6.07) is 0. The second kappa shape index (κ2) is 12.5. The van der Waals surface area contributed by atoms with Gasteiger partial charge in [-0.1, -0.05) is 0 Å². The predicted octanol–water partition coefficient (Wildman–Crippen LogP) is 1.24. The van der Waals surface area contributed by atoms with Gasteiger partial charge in [0.1, 0.15) is 0 Å². The molecule has 1 rings (SSSR count). The van der Waals surface area contributed by atoms with Gasteiger partial charge in [-0.25, -0.2) is 4.57 Å². The van der Waals surface area contributed by atoms with Gasteiger partial charge >= 0.3 is 7.82 Å². The van der Waals surface area contributed by atoms with Crippen LogP contribution in [0, 0.1) is 0 Å². The number of phosphoric acid groups is 1. The summed E-state index contributed by atoms with van der Waals surface area (Å²) in [5.74, 6) is 0. The zero-order chi connectivity index (χ0) is 15.2. The Morgan fingerprint density at radius 1 is 0.762 bits per heavy atom. The second-order valence-corrected chi connectivity index (χ2v) is 5.65. The Morgan fingerprint density at radius 3 is 1.67 bits per heavy atom. The fourth-order valence-electron chi connectivity index (χ4n) is 1.42. The molecule has 1 aliphatic heterocycles. The zero-order valence-corrected chi connectivity index (χ0v) is 13.4. The Morgan fingerprint density at radius 2 is 1.19 bits per heavy atom. The predicted molar refractivity (Wildman–Crippen MR) is 74.4 cm³/mol.